The molecule has 0 amide bonds. The number of aryl methyl sites for hydroxylation is 1. The lowest BCUT2D eigenvalue weighted by atomic mass is 10.4. The Morgan fingerprint density at radius 3 is 2.79 bits per heavy atom. The molecule has 74 valence electrons. The van der Waals surface area contributed by atoms with Crippen LogP contribution in [-0.4, -0.2) is 19.6 Å². The van der Waals surface area contributed by atoms with Crippen LogP contribution in [0.25, 0.3) is 0 Å². The van der Waals surface area contributed by atoms with Crippen molar-refractivity contribution in [1.29, 1.82) is 0 Å². The molecule has 6 heteroatoms. The molecule has 0 saturated carbocycles. The van der Waals surface area contributed by atoms with E-state index in [9.17, 15) is 0 Å². The van der Waals surface area contributed by atoms with Crippen LogP contribution >= 0.6 is 15.9 Å². The zero-order chi connectivity index (χ0) is 10.1. The highest BCUT2D eigenvalue weighted by Gasteiger charge is 2.08. The highest BCUT2D eigenvalue weighted by molar-refractivity contribution is 9.10. The van der Waals surface area contributed by atoms with Crippen LogP contribution in [-0.2, 0) is 13.6 Å². The summed E-state index contributed by atoms with van der Waals surface area (Å²) in [6.45, 7) is 0.621. The van der Waals surface area contributed by atoms with Crippen molar-refractivity contribution < 1.29 is 0 Å². The van der Waals surface area contributed by atoms with Crippen molar-refractivity contribution in [2.45, 2.75) is 6.54 Å². The van der Waals surface area contributed by atoms with Gasteiger partial charge >= 0.3 is 0 Å². The van der Waals surface area contributed by atoms with Crippen molar-refractivity contribution in [2.75, 3.05) is 5.73 Å². The van der Waals surface area contributed by atoms with E-state index < -0.39 is 0 Å². The zero-order valence-electron chi connectivity index (χ0n) is 7.68. The molecule has 14 heavy (non-hydrogen) atoms. The molecule has 0 saturated heterocycles. The third-order valence-electron chi connectivity index (χ3n) is 2.06. The average molecular weight is 256 g/mol. The van der Waals surface area contributed by atoms with E-state index in [0.29, 0.717) is 12.4 Å². The summed E-state index contributed by atoms with van der Waals surface area (Å²) in [6, 6.07) is 1.77. The molecule has 0 aliphatic rings. The SMILES string of the molecule is Cn1ncc(Br)c1Cn1nccc1N. The Morgan fingerprint density at radius 2 is 2.29 bits per heavy atom. The lowest BCUT2D eigenvalue weighted by Gasteiger charge is -2.05. The third kappa shape index (κ3) is 1.52. The Bertz CT molecular complexity index is 425. The molecule has 0 fully saturated rings. The summed E-state index contributed by atoms with van der Waals surface area (Å²) in [7, 11) is 1.89. The fraction of sp³-hybridized carbons (Fsp3) is 0.250. The molecule has 0 atom stereocenters. The van der Waals surface area contributed by atoms with Gasteiger partial charge in [-0.25, -0.2) is 4.68 Å². The molecule has 0 aliphatic carbocycles. The first-order valence-electron chi connectivity index (χ1n) is 4.12. The molecule has 2 rings (SSSR count). The van der Waals surface area contributed by atoms with Crippen molar-refractivity contribution in [3.63, 3.8) is 0 Å². The number of nitrogen functional groups attached to an aromatic ring is 1. The molecule has 0 aliphatic heterocycles. The molecular formula is C8H10BrN5. The number of anilines is 1. The molecule has 0 aromatic carbocycles. The number of rotatable bonds is 2. The van der Waals surface area contributed by atoms with Crippen LogP contribution in [0.15, 0.2) is 22.9 Å². The number of hydrogen-bond acceptors (Lipinski definition) is 3. The highest BCUT2D eigenvalue weighted by Crippen LogP contribution is 2.16. The van der Waals surface area contributed by atoms with Gasteiger partial charge in [0.1, 0.15) is 5.82 Å². The second kappa shape index (κ2) is 3.45. The first-order valence-corrected chi connectivity index (χ1v) is 4.91. The van der Waals surface area contributed by atoms with E-state index in [-0.39, 0.29) is 0 Å². The van der Waals surface area contributed by atoms with E-state index in [4.69, 9.17) is 5.73 Å². The maximum absolute atomic E-state index is 5.71. The minimum absolute atomic E-state index is 0.621. The first-order chi connectivity index (χ1) is 6.68. The smallest absolute Gasteiger partial charge is 0.122 e. The third-order valence-corrected chi connectivity index (χ3v) is 2.72. The fourth-order valence-electron chi connectivity index (χ4n) is 1.23. The number of hydrogen-bond donors (Lipinski definition) is 1. The quantitative estimate of drug-likeness (QED) is 0.872. The summed E-state index contributed by atoms with van der Waals surface area (Å²) >= 11 is 3.42. The summed E-state index contributed by atoms with van der Waals surface area (Å²) in [5, 5.41) is 8.22. The molecule has 0 unspecified atom stereocenters. The summed E-state index contributed by atoms with van der Waals surface area (Å²) in [5.74, 6) is 0.651. The Balaban J connectivity index is 2.31. The topological polar surface area (TPSA) is 61.7 Å². The predicted octanol–water partition coefficient (Wildman–Crippen LogP) is 1.01. The second-order valence-electron chi connectivity index (χ2n) is 2.98. The summed E-state index contributed by atoms with van der Waals surface area (Å²) in [5.41, 5.74) is 6.75. The molecule has 2 heterocycles. The molecule has 5 nitrogen and oxygen atoms in total. The Kier molecular flexibility index (Phi) is 2.28. The average Bonchev–Trinajstić information content (AvgIpc) is 2.67. The molecule has 0 radical (unpaired) electrons. The Morgan fingerprint density at radius 1 is 1.50 bits per heavy atom. The largest absolute Gasteiger partial charge is 0.384 e. The van der Waals surface area contributed by atoms with E-state index in [0.717, 1.165) is 10.2 Å². The van der Waals surface area contributed by atoms with Crippen LogP contribution < -0.4 is 5.73 Å². The van der Waals surface area contributed by atoms with Crippen molar-refractivity contribution in [1.82, 2.24) is 19.6 Å². The number of aromatic nitrogens is 4. The molecule has 2 aromatic rings. The van der Waals surface area contributed by atoms with E-state index in [1.54, 1.807) is 27.8 Å². The first kappa shape index (κ1) is 9.26. The van der Waals surface area contributed by atoms with E-state index in [1.165, 1.54) is 0 Å². The fourth-order valence-corrected chi connectivity index (χ4v) is 1.70. The summed E-state index contributed by atoms with van der Waals surface area (Å²) in [4.78, 5) is 0. The molecule has 0 spiro atoms. The van der Waals surface area contributed by atoms with Crippen molar-refractivity contribution in [3.8, 4) is 0 Å². The van der Waals surface area contributed by atoms with Gasteiger partial charge in [0.2, 0.25) is 0 Å². The highest BCUT2D eigenvalue weighted by atomic mass is 79.9. The minimum atomic E-state index is 0.621. The van der Waals surface area contributed by atoms with Gasteiger partial charge in [0.25, 0.3) is 0 Å². The van der Waals surface area contributed by atoms with Crippen LogP contribution in [0.5, 0.6) is 0 Å². The van der Waals surface area contributed by atoms with Gasteiger partial charge in [-0.15, -0.1) is 0 Å². The Hall–Kier alpha value is -1.30. The molecule has 2 aromatic heterocycles. The van der Waals surface area contributed by atoms with Crippen molar-refractivity contribution in [3.05, 3.63) is 28.6 Å². The predicted molar refractivity (Wildman–Crippen MR) is 56.6 cm³/mol. The van der Waals surface area contributed by atoms with Gasteiger partial charge in [0.15, 0.2) is 0 Å². The lowest BCUT2D eigenvalue weighted by molar-refractivity contribution is 0.624. The van der Waals surface area contributed by atoms with Crippen molar-refractivity contribution in [2.24, 2.45) is 7.05 Å². The van der Waals surface area contributed by atoms with Gasteiger partial charge < -0.3 is 5.73 Å². The minimum Gasteiger partial charge on any atom is -0.384 e. The van der Waals surface area contributed by atoms with Crippen LogP contribution in [0.2, 0.25) is 0 Å². The van der Waals surface area contributed by atoms with Gasteiger partial charge in [-0.3, -0.25) is 4.68 Å². The number of halogens is 1. The van der Waals surface area contributed by atoms with Crippen LogP contribution in [0.4, 0.5) is 5.82 Å². The standard InChI is InChI=1S/C8H10BrN5/c1-13-7(6(9)4-12-13)5-14-8(10)2-3-11-14/h2-4H,5,10H2,1H3. The van der Waals surface area contributed by atoms with Gasteiger partial charge in [-0.2, -0.15) is 10.2 Å². The second-order valence-corrected chi connectivity index (χ2v) is 3.83. The zero-order valence-corrected chi connectivity index (χ0v) is 9.27. The molecule has 0 bridgehead atoms. The summed E-state index contributed by atoms with van der Waals surface area (Å²) in [6.07, 6.45) is 3.44. The Labute approximate surface area is 89.6 Å². The van der Waals surface area contributed by atoms with Crippen molar-refractivity contribution >= 4 is 21.7 Å². The van der Waals surface area contributed by atoms with Crippen LogP contribution in [0.1, 0.15) is 5.69 Å². The van der Waals surface area contributed by atoms with Crippen LogP contribution in [0, 0.1) is 0 Å². The maximum atomic E-state index is 5.71. The van der Waals surface area contributed by atoms with E-state index in [1.807, 2.05) is 7.05 Å². The number of nitrogens with two attached hydrogens (primary N) is 1. The molecule has 2 N–H and O–H groups in total. The van der Waals surface area contributed by atoms with Gasteiger partial charge in [-0.1, -0.05) is 0 Å². The normalized spacial score (nSPS) is 10.7. The maximum Gasteiger partial charge on any atom is 0.122 e. The van der Waals surface area contributed by atoms with Crippen LogP contribution in [0.3, 0.4) is 0 Å². The van der Waals surface area contributed by atoms with Gasteiger partial charge in [-0.05, 0) is 22.0 Å². The van der Waals surface area contributed by atoms with Gasteiger partial charge in [0.05, 0.1) is 29.1 Å². The number of nitrogens with zero attached hydrogens (tertiary/aromatic N) is 4. The lowest BCUT2D eigenvalue weighted by Crippen LogP contribution is -2.09. The summed E-state index contributed by atoms with van der Waals surface area (Å²) < 4.78 is 4.49. The van der Waals surface area contributed by atoms with E-state index >= 15 is 0 Å². The monoisotopic (exact) mass is 255 g/mol. The van der Waals surface area contributed by atoms with E-state index in [2.05, 4.69) is 26.1 Å². The van der Waals surface area contributed by atoms with Gasteiger partial charge in [0, 0.05) is 7.05 Å². The molecular weight excluding hydrogens is 246 g/mol.